The average molecular weight is 406 g/mol. The van der Waals surface area contributed by atoms with E-state index in [0.29, 0.717) is 12.6 Å². The number of benzene rings is 2. The Morgan fingerprint density at radius 3 is 2.25 bits per heavy atom. The van der Waals surface area contributed by atoms with E-state index in [1.165, 1.54) is 16.7 Å². The molecule has 0 fully saturated rings. The average Bonchev–Trinajstić information content (AvgIpc) is 2.70. The van der Waals surface area contributed by atoms with Crippen LogP contribution in [0.5, 0.6) is 11.5 Å². The van der Waals surface area contributed by atoms with E-state index in [4.69, 9.17) is 9.47 Å². The third-order valence-electron chi connectivity index (χ3n) is 5.70. The molecule has 3 rings (SSSR count). The monoisotopic (exact) mass is 405 g/mol. The van der Waals surface area contributed by atoms with Crippen molar-refractivity contribution in [3.05, 3.63) is 58.7 Å². The number of rotatable bonds is 7. The van der Waals surface area contributed by atoms with Gasteiger partial charge in [0.2, 0.25) is 0 Å². The van der Waals surface area contributed by atoms with Gasteiger partial charge in [0, 0.05) is 12.6 Å². The van der Waals surface area contributed by atoms with Crippen LogP contribution in [0.2, 0.25) is 0 Å². The third kappa shape index (κ3) is 4.99. The minimum atomic E-state index is -0.461. The summed E-state index contributed by atoms with van der Waals surface area (Å²) >= 11 is 0. The van der Waals surface area contributed by atoms with Crippen LogP contribution in [0.15, 0.2) is 36.4 Å². The van der Waals surface area contributed by atoms with E-state index in [2.05, 4.69) is 43.0 Å². The SMILES string of the molecule is CCN(CC(O)c1ccc(C)cc1)C1CCc2cc(OC)c(OC)cc2C1.Cl. The van der Waals surface area contributed by atoms with Crippen LogP contribution in [0.3, 0.4) is 0 Å². The van der Waals surface area contributed by atoms with Gasteiger partial charge in [0.15, 0.2) is 11.5 Å². The molecule has 0 aromatic heterocycles. The lowest BCUT2D eigenvalue weighted by atomic mass is 9.86. The number of nitrogens with zero attached hydrogens (tertiary/aromatic N) is 1. The van der Waals surface area contributed by atoms with E-state index in [-0.39, 0.29) is 12.4 Å². The maximum Gasteiger partial charge on any atom is 0.161 e. The van der Waals surface area contributed by atoms with Crippen molar-refractivity contribution in [2.45, 2.75) is 45.3 Å². The normalized spacial score (nSPS) is 16.9. The smallest absolute Gasteiger partial charge is 0.161 e. The van der Waals surface area contributed by atoms with E-state index in [1.54, 1.807) is 14.2 Å². The molecule has 0 aliphatic heterocycles. The highest BCUT2D eigenvalue weighted by Gasteiger charge is 2.26. The van der Waals surface area contributed by atoms with E-state index in [9.17, 15) is 5.11 Å². The number of likely N-dealkylation sites (N-methyl/N-ethyl adjacent to an activating group) is 1. The first-order valence-electron chi connectivity index (χ1n) is 9.78. The number of aryl methyl sites for hydroxylation is 2. The van der Waals surface area contributed by atoms with Crippen LogP contribution in [-0.2, 0) is 12.8 Å². The van der Waals surface area contributed by atoms with Gasteiger partial charge in [0.25, 0.3) is 0 Å². The highest BCUT2D eigenvalue weighted by atomic mass is 35.5. The summed E-state index contributed by atoms with van der Waals surface area (Å²) in [4.78, 5) is 2.41. The fourth-order valence-electron chi connectivity index (χ4n) is 4.03. The highest BCUT2D eigenvalue weighted by Crippen LogP contribution is 2.35. The summed E-state index contributed by atoms with van der Waals surface area (Å²) in [6.07, 6.45) is 2.64. The lowest BCUT2D eigenvalue weighted by molar-refractivity contribution is 0.0850. The molecule has 1 aliphatic rings. The predicted octanol–water partition coefficient (Wildman–Crippen LogP) is 4.35. The Balaban J connectivity index is 0.00000280. The van der Waals surface area contributed by atoms with Gasteiger partial charge in [-0.1, -0.05) is 36.8 Å². The lowest BCUT2D eigenvalue weighted by Gasteiger charge is -2.36. The Hall–Kier alpha value is -1.75. The number of fused-ring (bicyclic) bond motifs is 1. The predicted molar refractivity (Wildman–Crippen MR) is 116 cm³/mol. The second kappa shape index (κ2) is 10.1. The van der Waals surface area contributed by atoms with Crippen molar-refractivity contribution in [3.63, 3.8) is 0 Å². The fourth-order valence-corrected chi connectivity index (χ4v) is 4.03. The molecule has 28 heavy (non-hydrogen) atoms. The maximum absolute atomic E-state index is 10.7. The van der Waals surface area contributed by atoms with Crippen molar-refractivity contribution in [1.29, 1.82) is 0 Å². The summed E-state index contributed by atoms with van der Waals surface area (Å²) < 4.78 is 10.9. The molecule has 0 spiro atoms. The number of hydrogen-bond donors (Lipinski definition) is 1. The summed E-state index contributed by atoms with van der Waals surface area (Å²) in [5, 5.41) is 10.7. The van der Waals surface area contributed by atoms with Gasteiger partial charge in [-0.2, -0.15) is 0 Å². The van der Waals surface area contributed by atoms with Gasteiger partial charge in [-0.05, 0) is 61.6 Å². The molecule has 5 heteroatoms. The van der Waals surface area contributed by atoms with Crippen molar-refractivity contribution in [2.75, 3.05) is 27.3 Å². The van der Waals surface area contributed by atoms with E-state index < -0.39 is 6.10 Å². The molecule has 1 N–H and O–H groups in total. The number of halogens is 1. The van der Waals surface area contributed by atoms with Gasteiger partial charge in [0.05, 0.1) is 20.3 Å². The van der Waals surface area contributed by atoms with Crippen LogP contribution in [0.4, 0.5) is 0 Å². The van der Waals surface area contributed by atoms with Gasteiger partial charge < -0.3 is 14.6 Å². The number of aliphatic hydroxyl groups excluding tert-OH is 1. The zero-order valence-electron chi connectivity index (χ0n) is 17.3. The first-order valence-corrected chi connectivity index (χ1v) is 9.78. The third-order valence-corrected chi connectivity index (χ3v) is 5.70. The minimum absolute atomic E-state index is 0. The Kier molecular flexibility index (Phi) is 8.17. The second-order valence-corrected chi connectivity index (χ2v) is 7.39. The molecule has 0 radical (unpaired) electrons. The zero-order chi connectivity index (χ0) is 19.4. The molecule has 154 valence electrons. The summed E-state index contributed by atoms with van der Waals surface area (Å²) in [6.45, 7) is 5.83. The maximum atomic E-state index is 10.7. The van der Waals surface area contributed by atoms with Crippen molar-refractivity contribution in [1.82, 2.24) is 4.90 Å². The minimum Gasteiger partial charge on any atom is -0.493 e. The number of methoxy groups -OCH3 is 2. The molecular formula is C23H32ClNO3. The van der Waals surface area contributed by atoms with Crippen LogP contribution in [0.1, 0.15) is 41.7 Å². The highest BCUT2D eigenvalue weighted by molar-refractivity contribution is 5.85. The second-order valence-electron chi connectivity index (χ2n) is 7.39. The van der Waals surface area contributed by atoms with Crippen LogP contribution < -0.4 is 9.47 Å². The molecule has 0 saturated heterocycles. The molecule has 0 heterocycles. The standard InChI is InChI=1S/C23H31NO3.ClH/c1-5-24(15-21(25)17-8-6-16(2)7-9-17)20-11-10-18-13-22(26-3)23(27-4)14-19(18)12-20;/h6-9,13-14,20-21,25H,5,10-12,15H2,1-4H3;1H. The Morgan fingerprint density at radius 1 is 1.07 bits per heavy atom. The Morgan fingerprint density at radius 2 is 1.68 bits per heavy atom. The first-order chi connectivity index (χ1) is 13.0. The van der Waals surface area contributed by atoms with E-state index >= 15 is 0 Å². The molecule has 4 nitrogen and oxygen atoms in total. The molecule has 0 amide bonds. The lowest BCUT2D eigenvalue weighted by Crippen LogP contribution is -2.41. The molecule has 0 saturated carbocycles. The van der Waals surface area contributed by atoms with E-state index in [1.807, 2.05) is 12.1 Å². The van der Waals surface area contributed by atoms with Gasteiger partial charge >= 0.3 is 0 Å². The van der Waals surface area contributed by atoms with Crippen molar-refractivity contribution in [3.8, 4) is 11.5 Å². The van der Waals surface area contributed by atoms with Crippen molar-refractivity contribution < 1.29 is 14.6 Å². The summed E-state index contributed by atoms with van der Waals surface area (Å²) in [6, 6.07) is 12.8. The number of hydrogen-bond acceptors (Lipinski definition) is 4. The van der Waals surface area contributed by atoms with Crippen LogP contribution >= 0.6 is 12.4 Å². The van der Waals surface area contributed by atoms with Crippen LogP contribution in [-0.4, -0.2) is 43.4 Å². The summed E-state index contributed by atoms with van der Waals surface area (Å²) in [5.74, 6) is 1.59. The fraction of sp³-hybridized carbons (Fsp3) is 0.478. The molecule has 0 bridgehead atoms. The summed E-state index contributed by atoms with van der Waals surface area (Å²) in [5.41, 5.74) is 4.87. The molecule has 2 aromatic carbocycles. The largest absolute Gasteiger partial charge is 0.493 e. The van der Waals surface area contributed by atoms with Gasteiger partial charge in [-0.3, -0.25) is 4.90 Å². The number of ether oxygens (including phenoxy) is 2. The molecule has 2 unspecified atom stereocenters. The zero-order valence-corrected chi connectivity index (χ0v) is 18.1. The summed E-state index contributed by atoms with van der Waals surface area (Å²) in [7, 11) is 3.36. The van der Waals surface area contributed by atoms with E-state index in [0.717, 1.165) is 42.9 Å². The van der Waals surface area contributed by atoms with Crippen molar-refractivity contribution >= 4 is 12.4 Å². The quantitative estimate of drug-likeness (QED) is 0.743. The van der Waals surface area contributed by atoms with Gasteiger partial charge in [-0.15, -0.1) is 12.4 Å². The number of aliphatic hydroxyl groups is 1. The molecule has 2 aromatic rings. The molecular weight excluding hydrogens is 374 g/mol. The first kappa shape index (κ1) is 22.5. The van der Waals surface area contributed by atoms with Gasteiger partial charge in [0.1, 0.15) is 0 Å². The van der Waals surface area contributed by atoms with Crippen molar-refractivity contribution in [2.24, 2.45) is 0 Å². The van der Waals surface area contributed by atoms with Gasteiger partial charge in [-0.25, -0.2) is 0 Å². The Bertz CT molecular complexity index is 763. The van der Waals surface area contributed by atoms with Crippen LogP contribution in [0, 0.1) is 6.92 Å². The molecule has 1 aliphatic carbocycles. The topological polar surface area (TPSA) is 41.9 Å². The molecule has 2 atom stereocenters. The Labute approximate surface area is 174 Å². The van der Waals surface area contributed by atoms with Crippen LogP contribution in [0.25, 0.3) is 0 Å².